The van der Waals surface area contributed by atoms with E-state index in [1.165, 1.54) is 6.20 Å². The number of H-pyrrole nitrogens is 1. The van der Waals surface area contributed by atoms with Gasteiger partial charge >= 0.3 is 17.6 Å². The summed E-state index contributed by atoms with van der Waals surface area (Å²) in [6.45, 7) is 2.98. The molecule has 0 aliphatic carbocycles. The van der Waals surface area contributed by atoms with Crippen LogP contribution in [0, 0.1) is 13.8 Å². The molecule has 2 aromatic carbocycles. The molecule has 1 aliphatic heterocycles. The van der Waals surface area contributed by atoms with Crippen LogP contribution in [0.2, 0.25) is 0 Å². The van der Waals surface area contributed by atoms with Crippen molar-refractivity contribution in [3.05, 3.63) is 103 Å². The normalized spacial score (nSPS) is 19.1. The molecule has 1 aromatic heterocycles. The van der Waals surface area contributed by atoms with E-state index < -0.39 is 48.2 Å². The van der Waals surface area contributed by atoms with Gasteiger partial charge in [0.2, 0.25) is 0 Å². The Morgan fingerprint density at radius 1 is 1.00 bits per heavy atom. The molecule has 36 heavy (non-hydrogen) atoms. The van der Waals surface area contributed by atoms with Crippen LogP contribution in [0.25, 0.3) is 0 Å². The van der Waals surface area contributed by atoms with E-state index >= 15 is 0 Å². The van der Waals surface area contributed by atoms with Crippen LogP contribution in [-0.4, -0.2) is 45.4 Å². The predicted octanol–water partition coefficient (Wildman–Crippen LogP) is 2.02. The molecular weight excluding hydrogens is 468 g/mol. The number of nitrogens with zero attached hydrogens (tertiary/aromatic N) is 1. The highest BCUT2D eigenvalue weighted by Gasteiger charge is 2.40. The third-order valence-electron chi connectivity index (χ3n) is 5.91. The highest BCUT2D eigenvalue weighted by Crippen LogP contribution is 2.31. The molecule has 0 bridgehead atoms. The van der Waals surface area contributed by atoms with Crippen LogP contribution in [0.3, 0.4) is 0 Å². The number of aryl methyl sites for hydroxylation is 2. The Bertz CT molecular complexity index is 1360. The lowest BCUT2D eigenvalue weighted by atomic mass is 10.1. The molecule has 10 heteroatoms. The minimum atomic E-state index is -0.932. The minimum absolute atomic E-state index is 0.0272. The SMILES string of the molecule is Cc1ccc(C(=O)OC[C@H]2O[C@H](n3cc(CO)c(=O)[nH]c3=O)C[C@@H]2OC(=O)c2ccc(C)cc2)cc1. The number of hydrogen-bond donors (Lipinski definition) is 2. The van der Waals surface area contributed by atoms with Crippen LogP contribution in [0.15, 0.2) is 64.3 Å². The van der Waals surface area contributed by atoms with Crippen molar-refractivity contribution in [2.24, 2.45) is 0 Å². The summed E-state index contributed by atoms with van der Waals surface area (Å²) in [5.74, 6) is -1.17. The molecule has 10 nitrogen and oxygen atoms in total. The number of aliphatic hydroxyl groups excluding tert-OH is 1. The van der Waals surface area contributed by atoms with Crippen LogP contribution in [-0.2, 0) is 20.8 Å². The average Bonchev–Trinajstić information content (AvgIpc) is 3.25. The summed E-state index contributed by atoms with van der Waals surface area (Å²) in [5, 5.41) is 9.41. The van der Waals surface area contributed by atoms with Crippen molar-refractivity contribution in [1.29, 1.82) is 0 Å². The average molecular weight is 495 g/mol. The molecule has 1 saturated heterocycles. The molecule has 0 saturated carbocycles. The number of hydrogen-bond acceptors (Lipinski definition) is 8. The van der Waals surface area contributed by atoms with Gasteiger partial charge in [0.25, 0.3) is 5.56 Å². The number of aromatic amines is 1. The van der Waals surface area contributed by atoms with Crippen molar-refractivity contribution < 1.29 is 28.9 Å². The quantitative estimate of drug-likeness (QED) is 0.476. The van der Waals surface area contributed by atoms with E-state index in [4.69, 9.17) is 14.2 Å². The number of benzene rings is 2. The molecule has 0 amide bonds. The fraction of sp³-hybridized carbons (Fsp3) is 0.308. The van der Waals surface area contributed by atoms with Crippen molar-refractivity contribution in [2.75, 3.05) is 6.61 Å². The number of carbonyl (C=O) groups is 2. The van der Waals surface area contributed by atoms with Crippen LogP contribution < -0.4 is 11.2 Å². The molecule has 2 heterocycles. The Hall–Kier alpha value is -4.02. The number of aromatic nitrogens is 2. The topological polar surface area (TPSA) is 137 Å². The van der Waals surface area contributed by atoms with Gasteiger partial charge in [0, 0.05) is 12.6 Å². The third-order valence-corrected chi connectivity index (χ3v) is 5.91. The fourth-order valence-corrected chi connectivity index (χ4v) is 3.82. The lowest BCUT2D eigenvalue weighted by Gasteiger charge is -2.19. The van der Waals surface area contributed by atoms with Gasteiger partial charge in [-0.3, -0.25) is 14.3 Å². The molecule has 188 valence electrons. The molecule has 2 N–H and O–H groups in total. The van der Waals surface area contributed by atoms with Gasteiger partial charge in [-0.25, -0.2) is 14.4 Å². The van der Waals surface area contributed by atoms with Crippen LogP contribution in [0.5, 0.6) is 0 Å². The van der Waals surface area contributed by atoms with E-state index in [2.05, 4.69) is 4.98 Å². The summed E-state index contributed by atoms with van der Waals surface area (Å²) in [7, 11) is 0. The van der Waals surface area contributed by atoms with Gasteiger partial charge < -0.3 is 19.3 Å². The monoisotopic (exact) mass is 494 g/mol. The van der Waals surface area contributed by atoms with Gasteiger partial charge in [0.15, 0.2) is 0 Å². The van der Waals surface area contributed by atoms with Crippen molar-refractivity contribution in [3.8, 4) is 0 Å². The predicted molar refractivity (Wildman–Crippen MR) is 128 cm³/mol. The van der Waals surface area contributed by atoms with E-state index in [0.29, 0.717) is 11.1 Å². The number of aliphatic hydroxyl groups is 1. The second kappa shape index (κ2) is 10.7. The molecule has 0 spiro atoms. The number of nitrogens with one attached hydrogen (secondary N) is 1. The number of ether oxygens (including phenoxy) is 3. The molecule has 0 unspecified atom stereocenters. The van der Waals surface area contributed by atoms with E-state index in [-0.39, 0.29) is 18.6 Å². The summed E-state index contributed by atoms with van der Waals surface area (Å²) in [4.78, 5) is 51.7. The van der Waals surface area contributed by atoms with E-state index in [0.717, 1.165) is 15.7 Å². The first-order chi connectivity index (χ1) is 17.2. The summed E-state index contributed by atoms with van der Waals surface area (Å²) in [6, 6.07) is 13.7. The van der Waals surface area contributed by atoms with Crippen LogP contribution >= 0.6 is 0 Å². The molecule has 1 aliphatic rings. The van der Waals surface area contributed by atoms with Crippen LogP contribution in [0.1, 0.15) is 50.1 Å². The largest absolute Gasteiger partial charge is 0.459 e. The summed E-state index contributed by atoms with van der Waals surface area (Å²) >= 11 is 0. The number of esters is 2. The Morgan fingerprint density at radius 3 is 2.17 bits per heavy atom. The first-order valence-corrected chi connectivity index (χ1v) is 11.4. The molecule has 3 atom stereocenters. The molecule has 3 aromatic rings. The maximum Gasteiger partial charge on any atom is 0.338 e. The van der Waals surface area contributed by atoms with Crippen molar-refractivity contribution in [2.45, 2.75) is 45.3 Å². The summed E-state index contributed by atoms with van der Waals surface area (Å²) in [6.07, 6.45) is -1.41. The second-order valence-electron chi connectivity index (χ2n) is 8.62. The zero-order valence-corrected chi connectivity index (χ0v) is 19.8. The maximum atomic E-state index is 12.8. The highest BCUT2D eigenvalue weighted by molar-refractivity contribution is 5.90. The first kappa shape index (κ1) is 25.1. The van der Waals surface area contributed by atoms with E-state index in [1.807, 2.05) is 13.8 Å². The van der Waals surface area contributed by atoms with Gasteiger partial charge in [0.05, 0.1) is 23.3 Å². The second-order valence-corrected chi connectivity index (χ2v) is 8.62. The highest BCUT2D eigenvalue weighted by atomic mass is 16.6. The Kier molecular flexibility index (Phi) is 7.47. The smallest absolute Gasteiger partial charge is 0.338 e. The fourth-order valence-electron chi connectivity index (χ4n) is 3.82. The number of carbonyl (C=O) groups excluding carboxylic acids is 2. The van der Waals surface area contributed by atoms with Crippen molar-refractivity contribution in [3.63, 3.8) is 0 Å². The Labute approximate surface area is 206 Å². The third kappa shape index (κ3) is 5.61. The van der Waals surface area contributed by atoms with E-state index in [1.54, 1.807) is 48.5 Å². The van der Waals surface area contributed by atoms with Gasteiger partial charge in [-0.05, 0) is 38.1 Å². The van der Waals surface area contributed by atoms with Gasteiger partial charge in [-0.1, -0.05) is 35.4 Å². The molecule has 1 fully saturated rings. The standard InChI is InChI=1S/C26H26N2O8/c1-15-3-7-17(8-4-15)24(31)34-14-21-20(36-25(32)18-9-5-16(2)6-10-18)11-22(35-21)28-12-19(13-29)23(30)27-26(28)33/h3-10,12,20-22,29H,11,13-14H2,1-2H3,(H,27,30,33)/t20-,21+,22-/m0/s1. The van der Waals surface area contributed by atoms with Gasteiger partial charge in [-0.15, -0.1) is 0 Å². The maximum absolute atomic E-state index is 12.8. The molecular formula is C26H26N2O8. The minimum Gasteiger partial charge on any atom is -0.459 e. The summed E-state index contributed by atoms with van der Waals surface area (Å²) in [5.41, 5.74) is 1.18. The zero-order chi connectivity index (χ0) is 25.8. The van der Waals surface area contributed by atoms with Gasteiger partial charge in [0.1, 0.15) is 25.0 Å². The molecule has 4 rings (SSSR count). The summed E-state index contributed by atoms with van der Waals surface area (Å²) < 4.78 is 18.2. The lowest BCUT2D eigenvalue weighted by molar-refractivity contribution is -0.0583. The molecule has 0 radical (unpaired) electrons. The zero-order valence-electron chi connectivity index (χ0n) is 19.8. The first-order valence-electron chi connectivity index (χ1n) is 11.4. The van der Waals surface area contributed by atoms with Crippen LogP contribution in [0.4, 0.5) is 0 Å². The van der Waals surface area contributed by atoms with Gasteiger partial charge in [-0.2, -0.15) is 0 Å². The number of rotatable bonds is 7. The van der Waals surface area contributed by atoms with Crippen molar-refractivity contribution >= 4 is 11.9 Å². The lowest BCUT2D eigenvalue weighted by Crippen LogP contribution is -2.34. The Morgan fingerprint density at radius 2 is 1.58 bits per heavy atom. The van der Waals surface area contributed by atoms with E-state index in [9.17, 15) is 24.3 Å². The Balaban J connectivity index is 1.54. The van der Waals surface area contributed by atoms with Crippen molar-refractivity contribution in [1.82, 2.24) is 9.55 Å².